The first-order chi connectivity index (χ1) is 14.8. The third kappa shape index (κ3) is 4.61. The molecule has 3 aromatic rings. The number of carbonyl (C=O) groups is 2. The lowest BCUT2D eigenvalue weighted by atomic mass is 10.2. The Hall–Kier alpha value is -4.01. The molecule has 0 spiro atoms. The summed E-state index contributed by atoms with van der Waals surface area (Å²) in [4.78, 5) is 38.6. The SMILES string of the molecule is COC(=O)c1occ(C(=O)N(C)c2ccc(F)cc2F)c(=O)c1OCc1ccccc1. The third-order valence-electron chi connectivity index (χ3n) is 4.35. The van der Waals surface area contributed by atoms with Crippen LogP contribution in [0.25, 0.3) is 0 Å². The van der Waals surface area contributed by atoms with E-state index in [9.17, 15) is 23.2 Å². The first-order valence-corrected chi connectivity index (χ1v) is 8.97. The Morgan fingerprint density at radius 3 is 2.45 bits per heavy atom. The molecule has 1 aromatic heterocycles. The van der Waals surface area contributed by atoms with Crippen LogP contribution in [0, 0.1) is 11.6 Å². The van der Waals surface area contributed by atoms with Gasteiger partial charge in [0.05, 0.1) is 12.8 Å². The summed E-state index contributed by atoms with van der Waals surface area (Å²) in [6, 6.07) is 11.4. The second-order valence-electron chi connectivity index (χ2n) is 6.36. The van der Waals surface area contributed by atoms with Gasteiger partial charge in [0, 0.05) is 13.1 Å². The zero-order valence-electron chi connectivity index (χ0n) is 16.6. The molecule has 31 heavy (non-hydrogen) atoms. The van der Waals surface area contributed by atoms with Crippen LogP contribution in [-0.4, -0.2) is 26.0 Å². The fraction of sp³-hybridized carbons (Fsp3) is 0.136. The molecule has 0 saturated carbocycles. The Bertz CT molecular complexity index is 1180. The topological polar surface area (TPSA) is 86.0 Å². The molecule has 7 nitrogen and oxygen atoms in total. The van der Waals surface area contributed by atoms with Gasteiger partial charge in [-0.2, -0.15) is 0 Å². The highest BCUT2D eigenvalue weighted by atomic mass is 19.1. The highest BCUT2D eigenvalue weighted by Crippen LogP contribution is 2.22. The number of rotatable bonds is 6. The van der Waals surface area contributed by atoms with E-state index in [1.807, 2.05) is 0 Å². The van der Waals surface area contributed by atoms with E-state index in [1.54, 1.807) is 30.3 Å². The number of esters is 1. The maximum atomic E-state index is 14.1. The van der Waals surface area contributed by atoms with Crippen LogP contribution in [0.15, 0.2) is 64.0 Å². The molecule has 3 rings (SSSR count). The Kier molecular flexibility index (Phi) is 6.44. The van der Waals surface area contributed by atoms with Crippen molar-refractivity contribution in [1.82, 2.24) is 0 Å². The van der Waals surface area contributed by atoms with Gasteiger partial charge in [-0.25, -0.2) is 13.6 Å². The van der Waals surface area contributed by atoms with Crippen molar-refractivity contribution in [3.63, 3.8) is 0 Å². The van der Waals surface area contributed by atoms with E-state index in [4.69, 9.17) is 9.15 Å². The maximum Gasteiger partial charge on any atom is 0.378 e. The second kappa shape index (κ2) is 9.21. The smallest absolute Gasteiger partial charge is 0.378 e. The first kappa shape index (κ1) is 21.7. The standard InChI is InChI=1S/C22H17F2NO6/c1-25(17-9-8-14(23)10-16(17)24)21(27)15-12-31-20(22(28)29-2)19(18(15)26)30-11-13-6-4-3-5-7-13/h3-10,12H,11H2,1-2H3. The van der Waals surface area contributed by atoms with Gasteiger partial charge in [-0.1, -0.05) is 30.3 Å². The van der Waals surface area contributed by atoms with Gasteiger partial charge in [-0.15, -0.1) is 0 Å². The van der Waals surface area contributed by atoms with E-state index >= 15 is 0 Å². The molecule has 0 atom stereocenters. The molecule has 0 bridgehead atoms. The number of hydrogen-bond acceptors (Lipinski definition) is 6. The highest BCUT2D eigenvalue weighted by molar-refractivity contribution is 6.06. The van der Waals surface area contributed by atoms with Gasteiger partial charge in [0.25, 0.3) is 11.7 Å². The molecule has 0 unspecified atom stereocenters. The van der Waals surface area contributed by atoms with E-state index in [0.717, 1.165) is 30.4 Å². The Balaban J connectivity index is 1.99. The normalized spacial score (nSPS) is 10.5. The van der Waals surface area contributed by atoms with Crippen molar-refractivity contribution < 1.29 is 32.3 Å². The zero-order valence-corrected chi connectivity index (χ0v) is 16.6. The van der Waals surface area contributed by atoms with Crippen molar-refractivity contribution in [1.29, 1.82) is 0 Å². The van der Waals surface area contributed by atoms with E-state index in [0.29, 0.717) is 11.6 Å². The molecular formula is C22H17F2NO6. The summed E-state index contributed by atoms with van der Waals surface area (Å²) in [5.41, 5.74) is -1.02. The largest absolute Gasteiger partial charge is 0.481 e. The van der Waals surface area contributed by atoms with Crippen LogP contribution in [0.2, 0.25) is 0 Å². The summed E-state index contributed by atoms with van der Waals surface area (Å²) < 4.78 is 42.5. The first-order valence-electron chi connectivity index (χ1n) is 8.97. The van der Waals surface area contributed by atoms with Crippen LogP contribution in [0.4, 0.5) is 14.5 Å². The second-order valence-corrected chi connectivity index (χ2v) is 6.36. The van der Waals surface area contributed by atoms with Crippen LogP contribution >= 0.6 is 0 Å². The number of nitrogens with zero attached hydrogens (tertiary/aromatic N) is 1. The third-order valence-corrected chi connectivity index (χ3v) is 4.35. The van der Waals surface area contributed by atoms with Gasteiger partial charge in [0.1, 0.15) is 30.1 Å². The summed E-state index contributed by atoms with van der Waals surface area (Å²) >= 11 is 0. The van der Waals surface area contributed by atoms with Crippen LogP contribution in [0.3, 0.4) is 0 Å². The average molecular weight is 429 g/mol. The fourth-order valence-electron chi connectivity index (χ4n) is 2.74. The van der Waals surface area contributed by atoms with Crippen molar-refractivity contribution in [2.75, 3.05) is 19.1 Å². The van der Waals surface area contributed by atoms with Crippen LogP contribution in [0.1, 0.15) is 26.5 Å². The van der Waals surface area contributed by atoms with Crippen LogP contribution in [-0.2, 0) is 11.3 Å². The lowest BCUT2D eigenvalue weighted by molar-refractivity contribution is 0.0551. The lowest BCUT2D eigenvalue weighted by Crippen LogP contribution is -2.32. The number of anilines is 1. The summed E-state index contributed by atoms with van der Waals surface area (Å²) in [6.45, 7) is -0.0876. The molecule has 0 saturated heterocycles. The van der Waals surface area contributed by atoms with Crippen molar-refractivity contribution >= 4 is 17.6 Å². The van der Waals surface area contributed by atoms with Crippen molar-refractivity contribution in [3.05, 3.63) is 93.5 Å². The summed E-state index contributed by atoms with van der Waals surface area (Å²) in [5, 5.41) is 0. The lowest BCUT2D eigenvalue weighted by Gasteiger charge is -2.18. The fourth-order valence-corrected chi connectivity index (χ4v) is 2.74. The van der Waals surface area contributed by atoms with Crippen molar-refractivity contribution in [2.24, 2.45) is 0 Å². The summed E-state index contributed by atoms with van der Waals surface area (Å²) in [5.74, 6) is -4.77. The van der Waals surface area contributed by atoms with Gasteiger partial charge in [-0.3, -0.25) is 9.59 Å². The molecule has 0 fully saturated rings. The Labute approximate surface area is 175 Å². The van der Waals surface area contributed by atoms with E-state index in [-0.39, 0.29) is 12.3 Å². The number of methoxy groups -OCH3 is 1. The number of halogens is 2. The number of carbonyl (C=O) groups excluding carboxylic acids is 2. The molecule has 0 N–H and O–H groups in total. The molecule has 0 radical (unpaired) electrons. The molecule has 0 aliphatic rings. The van der Waals surface area contributed by atoms with Crippen LogP contribution < -0.4 is 15.1 Å². The van der Waals surface area contributed by atoms with Gasteiger partial charge < -0.3 is 18.8 Å². The van der Waals surface area contributed by atoms with Gasteiger partial charge in [0.15, 0.2) is 0 Å². The number of ether oxygens (including phenoxy) is 2. The Morgan fingerprint density at radius 1 is 1.10 bits per heavy atom. The average Bonchev–Trinajstić information content (AvgIpc) is 2.77. The summed E-state index contributed by atoms with van der Waals surface area (Å²) in [7, 11) is 2.30. The van der Waals surface area contributed by atoms with Crippen molar-refractivity contribution in [3.8, 4) is 5.75 Å². The van der Waals surface area contributed by atoms with E-state index < -0.39 is 46.0 Å². The molecule has 0 aliphatic carbocycles. The highest BCUT2D eigenvalue weighted by Gasteiger charge is 2.27. The monoisotopic (exact) mass is 429 g/mol. The predicted molar refractivity (Wildman–Crippen MR) is 106 cm³/mol. The molecular weight excluding hydrogens is 412 g/mol. The molecule has 1 heterocycles. The zero-order chi connectivity index (χ0) is 22.5. The molecule has 1 amide bonds. The van der Waals surface area contributed by atoms with E-state index in [1.165, 1.54) is 7.05 Å². The van der Waals surface area contributed by atoms with Crippen LogP contribution in [0.5, 0.6) is 5.75 Å². The number of amides is 1. The minimum Gasteiger partial charge on any atom is -0.481 e. The molecule has 160 valence electrons. The number of hydrogen-bond donors (Lipinski definition) is 0. The molecule has 2 aromatic carbocycles. The van der Waals surface area contributed by atoms with Crippen molar-refractivity contribution in [2.45, 2.75) is 6.61 Å². The van der Waals surface area contributed by atoms with E-state index in [2.05, 4.69) is 4.74 Å². The van der Waals surface area contributed by atoms with Gasteiger partial charge in [-0.05, 0) is 17.7 Å². The predicted octanol–water partition coefficient (Wildman–Crippen LogP) is 3.56. The minimum atomic E-state index is -0.994. The van der Waals surface area contributed by atoms with Gasteiger partial charge >= 0.3 is 5.97 Å². The number of benzene rings is 2. The minimum absolute atomic E-state index is 0.0876. The Morgan fingerprint density at radius 2 is 1.81 bits per heavy atom. The van der Waals surface area contributed by atoms with Gasteiger partial charge in [0.2, 0.25) is 11.2 Å². The molecule has 9 heteroatoms. The maximum absolute atomic E-state index is 14.1. The molecule has 0 aliphatic heterocycles. The summed E-state index contributed by atoms with van der Waals surface area (Å²) in [6.07, 6.45) is 0.768. The quantitative estimate of drug-likeness (QED) is 0.557.